The predicted molar refractivity (Wildman–Crippen MR) is 77.0 cm³/mol. The van der Waals surface area contributed by atoms with Crippen molar-refractivity contribution in [2.75, 3.05) is 25.4 Å². The highest BCUT2D eigenvalue weighted by Crippen LogP contribution is 2.19. The molecule has 0 saturated carbocycles. The van der Waals surface area contributed by atoms with Gasteiger partial charge in [-0.05, 0) is 25.2 Å². The number of aliphatic imine (C=N–C) groups is 1. The predicted octanol–water partition coefficient (Wildman–Crippen LogP) is 1.72. The first-order valence-corrected chi connectivity index (χ1v) is 7.85. The molecule has 2 heterocycles. The third-order valence-electron chi connectivity index (χ3n) is 3.32. The monoisotopic (exact) mass is 269 g/mol. The normalized spacial score (nSPS) is 26.1. The molecule has 0 spiro atoms. The van der Waals surface area contributed by atoms with Gasteiger partial charge in [-0.2, -0.15) is 0 Å². The van der Waals surface area contributed by atoms with Gasteiger partial charge >= 0.3 is 0 Å². The van der Waals surface area contributed by atoms with Crippen molar-refractivity contribution in [3.63, 3.8) is 0 Å². The second-order valence-electron chi connectivity index (χ2n) is 5.49. The molecule has 18 heavy (non-hydrogen) atoms. The largest absolute Gasteiger partial charge is 0.361 e. The van der Waals surface area contributed by atoms with Gasteiger partial charge in [-0.1, -0.05) is 25.6 Å². The first kappa shape index (κ1) is 13.7. The van der Waals surface area contributed by atoms with Crippen LogP contribution >= 0.6 is 11.8 Å². The third kappa shape index (κ3) is 3.90. The van der Waals surface area contributed by atoms with E-state index in [4.69, 9.17) is 0 Å². The second-order valence-corrected chi connectivity index (χ2v) is 6.50. The number of amidine groups is 1. The van der Waals surface area contributed by atoms with Crippen LogP contribution in [0.3, 0.4) is 0 Å². The molecule has 0 aromatic carbocycles. The fourth-order valence-corrected chi connectivity index (χ4v) is 3.42. The number of thioether (sulfide) groups is 1. The van der Waals surface area contributed by atoms with Gasteiger partial charge in [0.05, 0.1) is 0 Å². The molecule has 4 nitrogen and oxygen atoms in total. The van der Waals surface area contributed by atoms with Crippen molar-refractivity contribution >= 4 is 22.8 Å². The van der Waals surface area contributed by atoms with E-state index in [0.717, 1.165) is 36.9 Å². The van der Waals surface area contributed by atoms with E-state index in [1.54, 1.807) is 11.8 Å². The minimum atomic E-state index is 0.176. The van der Waals surface area contributed by atoms with Crippen LogP contribution in [-0.4, -0.2) is 47.4 Å². The van der Waals surface area contributed by atoms with Crippen molar-refractivity contribution in [1.29, 1.82) is 0 Å². The highest BCUT2D eigenvalue weighted by atomic mass is 32.2. The summed E-state index contributed by atoms with van der Waals surface area (Å²) in [7, 11) is 0. The zero-order chi connectivity index (χ0) is 13.0. The molecule has 0 aliphatic carbocycles. The quantitative estimate of drug-likeness (QED) is 0.845. The van der Waals surface area contributed by atoms with Gasteiger partial charge in [0.2, 0.25) is 5.91 Å². The SMILES string of the molecule is CC(C)CC1CSC(=NCC(=O)N2CCCC2)N1. The average molecular weight is 269 g/mol. The van der Waals surface area contributed by atoms with E-state index in [0.29, 0.717) is 18.5 Å². The maximum atomic E-state index is 11.8. The van der Waals surface area contributed by atoms with Gasteiger partial charge in [0.25, 0.3) is 0 Å². The van der Waals surface area contributed by atoms with Gasteiger partial charge < -0.3 is 10.2 Å². The fourth-order valence-electron chi connectivity index (χ4n) is 2.43. The van der Waals surface area contributed by atoms with Crippen molar-refractivity contribution in [1.82, 2.24) is 10.2 Å². The fraction of sp³-hybridized carbons (Fsp3) is 0.846. The van der Waals surface area contributed by atoms with Crippen LogP contribution in [0.5, 0.6) is 0 Å². The molecule has 1 atom stereocenters. The maximum absolute atomic E-state index is 11.8. The zero-order valence-electron chi connectivity index (χ0n) is 11.3. The second kappa shape index (κ2) is 6.45. The molecule has 0 radical (unpaired) electrons. The van der Waals surface area contributed by atoms with Gasteiger partial charge in [0, 0.05) is 24.9 Å². The van der Waals surface area contributed by atoms with Crippen LogP contribution in [0.1, 0.15) is 33.1 Å². The first-order chi connectivity index (χ1) is 8.65. The Hall–Kier alpha value is -0.710. The Labute approximate surface area is 114 Å². The zero-order valence-corrected chi connectivity index (χ0v) is 12.1. The summed E-state index contributed by atoms with van der Waals surface area (Å²) < 4.78 is 0. The van der Waals surface area contributed by atoms with Gasteiger partial charge in [-0.15, -0.1) is 0 Å². The smallest absolute Gasteiger partial charge is 0.244 e. The molecule has 2 fully saturated rings. The molecular weight excluding hydrogens is 246 g/mol. The summed E-state index contributed by atoms with van der Waals surface area (Å²) in [5.74, 6) is 1.96. The van der Waals surface area contributed by atoms with Crippen LogP contribution in [-0.2, 0) is 4.79 Å². The Kier molecular flexibility index (Phi) is 4.92. The number of likely N-dealkylation sites (tertiary alicyclic amines) is 1. The lowest BCUT2D eigenvalue weighted by atomic mass is 10.1. The molecule has 2 aliphatic heterocycles. The summed E-state index contributed by atoms with van der Waals surface area (Å²) in [5, 5.41) is 4.36. The number of amides is 1. The minimum Gasteiger partial charge on any atom is -0.361 e. The van der Waals surface area contributed by atoms with Crippen molar-refractivity contribution in [2.24, 2.45) is 10.9 Å². The van der Waals surface area contributed by atoms with Crippen LogP contribution < -0.4 is 5.32 Å². The number of nitrogens with zero attached hydrogens (tertiary/aromatic N) is 2. The van der Waals surface area contributed by atoms with Gasteiger partial charge in [0.15, 0.2) is 5.17 Å². The molecular formula is C13H23N3OS. The van der Waals surface area contributed by atoms with Gasteiger partial charge in [-0.3, -0.25) is 9.79 Å². The number of nitrogens with one attached hydrogen (secondary N) is 1. The maximum Gasteiger partial charge on any atom is 0.244 e. The molecule has 102 valence electrons. The van der Waals surface area contributed by atoms with Crippen LogP contribution in [0, 0.1) is 5.92 Å². The Morgan fingerprint density at radius 1 is 1.50 bits per heavy atom. The average Bonchev–Trinajstić information content (AvgIpc) is 2.95. The molecule has 5 heteroatoms. The molecule has 0 aromatic rings. The third-order valence-corrected chi connectivity index (χ3v) is 4.41. The van der Waals surface area contributed by atoms with E-state index >= 15 is 0 Å². The number of carbonyl (C=O) groups excluding carboxylic acids is 1. The number of hydrogen-bond donors (Lipinski definition) is 1. The van der Waals surface area contributed by atoms with E-state index in [1.807, 2.05) is 4.90 Å². The first-order valence-electron chi connectivity index (χ1n) is 6.86. The minimum absolute atomic E-state index is 0.176. The van der Waals surface area contributed by atoms with Crippen LogP contribution in [0.25, 0.3) is 0 Å². The summed E-state index contributed by atoms with van der Waals surface area (Å²) in [5.41, 5.74) is 0. The Bertz CT molecular complexity index is 324. The Morgan fingerprint density at radius 3 is 2.89 bits per heavy atom. The Balaban J connectivity index is 1.75. The summed E-state index contributed by atoms with van der Waals surface area (Å²) in [6, 6.07) is 0.524. The molecule has 2 aliphatic rings. The molecule has 1 unspecified atom stereocenters. The molecule has 2 saturated heterocycles. The molecule has 2 rings (SSSR count). The highest BCUT2D eigenvalue weighted by Gasteiger charge is 2.22. The van der Waals surface area contributed by atoms with Crippen LogP contribution in [0.2, 0.25) is 0 Å². The number of carbonyl (C=O) groups is 1. The molecule has 1 N–H and O–H groups in total. The van der Waals surface area contributed by atoms with E-state index in [1.165, 1.54) is 6.42 Å². The summed E-state index contributed by atoms with van der Waals surface area (Å²) >= 11 is 1.75. The molecule has 1 amide bonds. The van der Waals surface area contributed by atoms with Crippen molar-refractivity contribution < 1.29 is 4.79 Å². The van der Waals surface area contributed by atoms with Crippen molar-refractivity contribution in [2.45, 2.75) is 39.2 Å². The van der Waals surface area contributed by atoms with Gasteiger partial charge in [-0.25, -0.2) is 0 Å². The summed E-state index contributed by atoms with van der Waals surface area (Å²) in [6.45, 7) is 6.61. The van der Waals surface area contributed by atoms with E-state index in [9.17, 15) is 4.79 Å². The molecule has 0 bridgehead atoms. The topological polar surface area (TPSA) is 44.7 Å². The standard InChI is InChI=1S/C13H23N3OS/c1-10(2)7-11-9-18-13(15-11)14-8-12(17)16-5-3-4-6-16/h10-11H,3-9H2,1-2H3,(H,14,15). The lowest BCUT2D eigenvalue weighted by Crippen LogP contribution is -2.31. The van der Waals surface area contributed by atoms with Gasteiger partial charge in [0.1, 0.15) is 6.54 Å². The van der Waals surface area contributed by atoms with Crippen molar-refractivity contribution in [3.05, 3.63) is 0 Å². The van der Waals surface area contributed by atoms with Crippen LogP contribution in [0.15, 0.2) is 4.99 Å². The Morgan fingerprint density at radius 2 is 2.22 bits per heavy atom. The number of hydrogen-bond acceptors (Lipinski definition) is 3. The lowest BCUT2D eigenvalue weighted by Gasteiger charge is -2.14. The summed E-state index contributed by atoms with van der Waals surface area (Å²) in [6.07, 6.45) is 3.46. The van der Waals surface area contributed by atoms with E-state index < -0.39 is 0 Å². The number of rotatable bonds is 4. The summed E-state index contributed by atoms with van der Waals surface area (Å²) in [4.78, 5) is 18.2. The lowest BCUT2D eigenvalue weighted by molar-refractivity contribution is -0.128. The molecule has 0 aromatic heterocycles. The van der Waals surface area contributed by atoms with Crippen molar-refractivity contribution in [3.8, 4) is 0 Å². The highest BCUT2D eigenvalue weighted by molar-refractivity contribution is 8.14. The van der Waals surface area contributed by atoms with E-state index in [-0.39, 0.29) is 5.91 Å². The van der Waals surface area contributed by atoms with Crippen LogP contribution in [0.4, 0.5) is 0 Å². The van der Waals surface area contributed by atoms with E-state index in [2.05, 4.69) is 24.2 Å².